The quantitative estimate of drug-likeness (QED) is 0.849. The average Bonchev–Trinajstić information content (AvgIpc) is 3.21. The van der Waals surface area contributed by atoms with Gasteiger partial charge in [0.25, 0.3) is 0 Å². The van der Waals surface area contributed by atoms with Crippen LogP contribution in [0.25, 0.3) is 5.57 Å². The molecule has 1 atom stereocenters. The molecular weight excluding hydrogens is 348 g/mol. The van der Waals surface area contributed by atoms with E-state index in [4.69, 9.17) is 4.74 Å². The van der Waals surface area contributed by atoms with E-state index in [9.17, 15) is 5.11 Å². The van der Waals surface area contributed by atoms with Crippen LogP contribution in [0.1, 0.15) is 55.4 Å². The Bertz CT molecular complexity index is 882. The zero-order valence-corrected chi connectivity index (χ0v) is 17.3. The number of hydrogen-bond donors (Lipinski definition) is 1. The molecule has 3 heterocycles. The second kappa shape index (κ2) is 7.02. The second-order valence-corrected chi connectivity index (χ2v) is 8.95. The Morgan fingerprint density at radius 2 is 1.86 bits per heavy atom. The molecule has 0 unspecified atom stereocenters. The van der Waals surface area contributed by atoms with Crippen molar-refractivity contribution in [1.29, 1.82) is 0 Å². The van der Waals surface area contributed by atoms with E-state index in [1.54, 1.807) is 0 Å². The number of aliphatic hydroxyl groups is 1. The third kappa shape index (κ3) is 3.05. The summed E-state index contributed by atoms with van der Waals surface area (Å²) >= 11 is 0. The maximum atomic E-state index is 12.2. The molecule has 1 aromatic carbocycles. The van der Waals surface area contributed by atoms with Gasteiger partial charge in [0.15, 0.2) is 0 Å². The van der Waals surface area contributed by atoms with Crippen LogP contribution in [0, 0.1) is 5.41 Å². The Morgan fingerprint density at radius 3 is 2.43 bits per heavy atom. The molecule has 1 fully saturated rings. The van der Waals surface area contributed by atoms with Crippen LogP contribution in [-0.2, 0) is 10.3 Å². The van der Waals surface area contributed by atoms with Crippen molar-refractivity contribution in [2.24, 2.45) is 5.41 Å². The van der Waals surface area contributed by atoms with E-state index in [0.29, 0.717) is 12.5 Å². The molecule has 1 N–H and O–H groups in total. The molecule has 1 saturated heterocycles. The number of hydrogen-bond acceptors (Lipinski definition) is 4. The second-order valence-electron chi connectivity index (χ2n) is 8.95. The van der Waals surface area contributed by atoms with Gasteiger partial charge in [-0.3, -0.25) is 4.98 Å². The van der Waals surface area contributed by atoms with Gasteiger partial charge in [0.05, 0.1) is 12.9 Å². The van der Waals surface area contributed by atoms with Crippen LogP contribution in [-0.4, -0.2) is 41.7 Å². The van der Waals surface area contributed by atoms with Crippen molar-refractivity contribution < 1.29 is 9.84 Å². The van der Waals surface area contributed by atoms with Crippen molar-refractivity contribution >= 4 is 5.57 Å². The third-order valence-corrected chi connectivity index (χ3v) is 6.35. The number of nitrogens with zero attached hydrogens (tertiary/aromatic N) is 2. The van der Waals surface area contributed by atoms with Crippen molar-refractivity contribution in [3.8, 4) is 0 Å². The lowest BCUT2D eigenvalue weighted by molar-refractivity contribution is -0.127. The predicted octanol–water partition coefficient (Wildman–Crippen LogP) is 4.15. The molecule has 2 aliphatic rings. The topological polar surface area (TPSA) is 45.6 Å². The standard InChI is InChI=1S/C24H30N2O2/c1-17(2)18-5-7-21(8-6-18)24(27,23(3)15-26(4)16-23)22-11-20(12-25-13-22)19-9-10-28-14-19/h5-8,11-14,17,27H,9-10,15-16H2,1-4H3/t24-/m0/s1. The number of ether oxygens (including phenoxy) is 1. The SMILES string of the molecule is CC(C)c1ccc([C@](O)(c2cncc(C3=COCC3)c2)C2(C)CN(C)C2)cc1. The molecule has 4 nitrogen and oxygen atoms in total. The summed E-state index contributed by atoms with van der Waals surface area (Å²) in [5.74, 6) is 0.465. The van der Waals surface area contributed by atoms with Gasteiger partial charge >= 0.3 is 0 Å². The van der Waals surface area contributed by atoms with Crippen LogP contribution in [0.2, 0.25) is 0 Å². The van der Waals surface area contributed by atoms with Crippen molar-refractivity contribution in [3.63, 3.8) is 0 Å². The van der Waals surface area contributed by atoms with Crippen LogP contribution in [0.15, 0.2) is 49.0 Å². The molecule has 0 spiro atoms. The number of benzene rings is 1. The summed E-state index contributed by atoms with van der Waals surface area (Å²) < 4.78 is 5.41. The highest BCUT2D eigenvalue weighted by molar-refractivity contribution is 5.66. The molecule has 148 valence electrons. The lowest BCUT2D eigenvalue weighted by atomic mass is 9.62. The maximum Gasteiger partial charge on any atom is 0.124 e. The highest BCUT2D eigenvalue weighted by Crippen LogP contribution is 2.50. The van der Waals surface area contributed by atoms with Gasteiger partial charge in [-0.1, -0.05) is 45.0 Å². The predicted molar refractivity (Wildman–Crippen MR) is 112 cm³/mol. The van der Waals surface area contributed by atoms with Crippen molar-refractivity contribution in [2.75, 3.05) is 26.7 Å². The minimum absolute atomic E-state index is 0.276. The molecule has 0 bridgehead atoms. The number of aromatic nitrogens is 1. The Labute approximate surface area is 167 Å². The smallest absolute Gasteiger partial charge is 0.124 e. The summed E-state index contributed by atoms with van der Waals surface area (Å²) in [4.78, 5) is 6.74. The van der Waals surface area contributed by atoms with E-state index < -0.39 is 5.60 Å². The monoisotopic (exact) mass is 378 g/mol. The largest absolute Gasteiger partial charge is 0.501 e. The first-order valence-electron chi connectivity index (χ1n) is 10.1. The minimum Gasteiger partial charge on any atom is -0.501 e. The summed E-state index contributed by atoms with van der Waals surface area (Å²) in [6.07, 6.45) is 6.38. The Balaban J connectivity index is 1.81. The van der Waals surface area contributed by atoms with E-state index in [0.717, 1.165) is 41.8 Å². The third-order valence-electron chi connectivity index (χ3n) is 6.35. The number of pyridine rings is 1. The van der Waals surface area contributed by atoms with Gasteiger partial charge in [-0.05, 0) is 41.3 Å². The normalized spacial score (nSPS) is 21.0. The van der Waals surface area contributed by atoms with Crippen LogP contribution in [0.3, 0.4) is 0 Å². The van der Waals surface area contributed by atoms with Crippen LogP contribution in [0.4, 0.5) is 0 Å². The molecule has 0 amide bonds. The first kappa shape index (κ1) is 19.2. The van der Waals surface area contributed by atoms with Gasteiger partial charge < -0.3 is 14.7 Å². The van der Waals surface area contributed by atoms with Gasteiger partial charge in [-0.2, -0.15) is 0 Å². The summed E-state index contributed by atoms with van der Waals surface area (Å²) in [5.41, 5.74) is 3.86. The first-order chi connectivity index (χ1) is 13.3. The van der Waals surface area contributed by atoms with Crippen LogP contribution in [0.5, 0.6) is 0 Å². The molecule has 28 heavy (non-hydrogen) atoms. The highest BCUT2D eigenvalue weighted by atomic mass is 16.5. The average molecular weight is 379 g/mol. The van der Waals surface area contributed by atoms with E-state index in [2.05, 4.69) is 68.0 Å². The molecule has 2 aromatic rings. The molecule has 4 heteroatoms. The van der Waals surface area contributed by atoms with Crippen LogP contribution >= 0.6 is 0 Å². The fraction of sp³-hybridized carbons (Fsp3) is 0.458. The fourth-order valence-electron chi connectivity index (χ4n) is 4.76. The van der Waals surface area contributed by atoms with Gasteiger partial charge in [-0.15, -0.1) is 0 Å². The molecule has 0 saturated carbocycles. The maximum absolute atomic E-state index is 12.2. The summed E-state index contributed by atoms with van der Waals surface area (Å²) in [5, 5.41) is 12.2. The number of likely N-dealkylation sites (tertiary alicyclic amines) is 1. The molecule has 0 aliphatic carbocycles. The lowest BCUT2D eigenvalue weighted by Crippen LogP contribution is -2.63. The summed E-state index contributed by atoms with van der Waals surface area (Å²) in [6.45, 7) is 8.94. The molecule has 4 rings (SSSR count). The minimum atomic E-state index is -1.10. The van der Waals surface area contributed by atoms with Crippen molar-refractivity contribution in [1.82, 2.24) is 9.88 Å². The van der Waals surface area contributed by atoms with E-state index >= 15 is 0 Å². The zero-order valence-electron chi connectivity index (χ0n) is 17.3. The molecule has 2 aliphatic heterocycles. The molecule has 0 radical (unpaired) electrons. The Morgan fingerprint density at radius 1 is 1.14 bits per heavy atom. The van der Waals surface area contributed by atoms with E-state index in [1.807, 2.05) is 18.7 Å². The molecule has 1 aromatic heterocycles. The lowest BCUT2D eigenvalue weighted by Gasteiger charge is -2.56. The van der Waals surface area contributed by atoms with Gasteiger partial charge in [-0.25, -0.2) is 0 Å². The summed E-state index contributed by atoms with van der Waals surface area (Å²) in [6, 6.07) is 10.5. The highest BCUT2D eigenvalue weighted by Gasteiger charge is 2.55. The Kier molecular flexibility index (Phi) is 4.80. The Hall–Kier alpha value is -2.17. The molecular formula is C24H30N2O2. The first-order valence-corrected chi connectivity index (χ1v) is 10.1. The van der Waals surface area contributed by atoms with Gasteiger partial charge in [0.1, 0.15) is 5.60 Å². The van der Waals surface area contributed by atoms with E-state index in [1.165, 1.54) is 5.56 Å². The van der Waals surface area contributed by atoms with Crippen molar-refractivity contribution in [3.05, 3.63) is 71.2 Å². The van der Waals surface area contributed by atoms with Crippen LogP contribution < -0.4 is 0 Å². The zero-order chi connectivity index (χ0) is 19.9. The fourth-order valence-corrected chi connectivity index (χ4v) is 4.76. The number of rotatable bonds is 5. The van der Waals surface area contributed by atoms with E-state index in [-0.39, 0.29) is 5.41 Å². The van der Waals surface area contributed by atoms with Gasteiger partial charge in [0.2, 0.25) is 0 Å². The summed E-state index contributed by atoms with van der Waals surface area (Å²) in [7, 11) is 2.10. The van der Waals surface area contributed by atoms with Crippen molar-refractivity contribution in [2.45, 2.75) is 38.7 Å². The van der Waals surface area contributed by atoms with Gasteiger partial charge in [0, 0.05) is 42.9 Å².